The Labute approximate surface area is 71.4 Å². The molecule has 0 bridgehead atoms. The molecule has 0 aromatic carbocycles. The van der Waals surface area contributed by atoms with Gasteiger partial charge >= 0.3 is 0 Å². The largest absolute Gasteiger partial charge is 0.368 e. The van der Waals surface area contributed by atoms with Gasteiger partial charge in [0.1, 0.15) is 0 Å². The lowest BCUT2D eigenvalue weighted by Gasteiger charge is -2.13. The molecule has 0 amide bonds. The van der Waals surface area contributed by atoms with Crippen LogP contribution >= 0.6 is 0 Å². The van der Waals surface area contributed by atoms with Gasteiger partial charge in [-0.15, -0.1) is 0 Å². The molecule has 4 heteroatoms. The predicted octanol–water partition coefficient (Wildman–Crippen LogP) is 0.101. The molecule has 5 atom stereocenters. The van der Waals surface area contributed by atoms with E-state index in [1.165, 1.54) is 0 Å². The lowest BCUT2D eigenvalue weighted by molar-refractivity contribution is -0.156. The van der Waals surface area contributed by atoms with Crippen LogP contribution < -0.4 is 0 Å². The van der Waals surface area contributed by atoms with Gasteiger partial charge in [-0.25, -0.2) is 0 Å². The molecule has 0 aromatic rings. The Hall–Kier alpha value is -0.160. The summed E-state index contributed by atoms with van der Waals surface area (Å²) in [5.41, 5.74) is 0. The molecule has 1 N–H and O–H groups in total. The highest BCUT2D eigenvalue weighted by atomic mass is 16.7. The van der Waals surface area contributed by atoms with E-state index in [-0.39, 0.29) is 24.4 Å². The van der Waals surface area contributed by atoms with Crippen molar-refractivity contribution >= 4 is 0 Å². The molecule has 2 aliphatic rings. The fourth-order valence-electron chi connectivity index (χ4n) is 2.05. The van der Waals surface area contributed by atoms with Crippen molar-refractivity contribution in [2.45, 2.75) is 38.1 Å². The van der Waals surface area contributed by atoms with E-state index in [1.54, 1.807) is 7.11 Å². The third-order valence-corrected chi connectivity index (χ3v) is 2.60. The summed E-state index contributed by atoms with van der Waals surface area (Å²) in [6.07, 6.45) is -0.193. The van der Waals surface area contributed by atoms with E-state index in [9.17, 15) is 5.11 Å². The van der Waals surface area contributed by atoms with Gasteiger partial charge < -0.3 is 19.3 Å². The quantitative estimate of drug-likeness (QED) is 0.612. The molecule has 0 aliphatic carbocycles. The Kier molecular flexibility index (Phi) is 2.08. The summed E-state index contributed by atoms with van der Waals surface area (Å²) >= 11 is 0. The van der Waals surface area contributed by atoms with Crippen LogP contribution in [-0.2, 0) is 14.2 Å². The molecule has 4 nitrogen and oxygen atoms in total. The summed E-state index contributed by atoms with van der Waals surface area (Å²) in [5.74, 6) is 0.194. The third kappa shape index (κ3) is 1.15. The SMILES string of the molecule is COC1O[C@@H](C)[C@@H]2OC(O)C[C@H]12. The number of aliphatic hydroxyl groups excluding tert-OH is 1. The average Bonchev–Trinajstić information content (AvgIpc) is 2.52. The van der Waals surface area contributed by atoms with Gasteiger partial charge in [-0.2, -0.15) is 0 Å². The molecular weight excluding hydrogens is 160 g/mol. The monoisotopic (exact) mass is 174 g/mol. The Morgan fingerprint density at radius 3 is 2.83 bits per heavy atom. The van der Waals surface area contributed by atoms with E-state index in [0.717, 1.165) is 0 Å². The van der Waals surface area contributed by atoms with Crippen LogP contribution in [0.25, 0.3) is 0 Å². The summed E-state index contributed by atoms with van der Waals surface area (Å²) in [5, 5.41) is 9.23. The second-order valence-corrected chi connectivity index (χ2v) is 3.40. The number of rotatable bonds is 1. The first-order chi connectivity index (χ1) is 5.72. The smallest absolute Gasteiger partial charge is 0.163 e. The number of hydrogen-bond acceptors (Lipinski definition) is 4. The van der Waals surface area contributed by atoms with Gasteiger partial charge in [0.2, 0.25) is 0 Å². The number of fused-ring (bicyclic) bond motifs is 1. The van der Waals surface area contributed by atoms with E-state index in [1.807, 2.05) is 6.92 Å². The third-order valence-electron chi connectivity index (χ3n) is 2.60. The molecule has 12 heavy (non-hydrogen) atoms. The van der Waals surface area contributed by atoms with E-state index < -0.39 is 6.29 Å². The molecule has 2 rings (SSSR count). The van der Waals surface area contributed by atoms with Crippen molar-refractivity contribution in [3.63, 3.8) is 0 Å². The van der Waals surface area contributed by atoms with Gasteiger partial charge in [-0.1, -0.05) is 0 Å². The van der Waals surface area contributed by atoms with Crippen LogP contribution in [0.2, 0.25) is 0 Å². The highest BCUT2D eigenvalue weighted by Gasteiger charge is 2.49. The maximum atomic E-state index is 9.23. The molecule has 0 spiro atoms. The zero-order chi connectivity index (χ0) is 8.72. The standard InChI is InChI=1S/C8H14O4/c1-4-7-5(3-6(9)12-7)8(10-2)11-4/h4-9H,3H2,1-2H3/t4-,5-,6?,7-,8?/m0/s1. The molecule has 2 fully saturated rings. The molecule has 2 saturated heterocycles. The highest BCUT2D eigenvalue weighted by molar-refractivity contribution is 4.90. The Balaban J connectivity index is 2.08. The lowest BCUT2D eigenvalue weighted by Crippen LogP contribution is -2.22. The van der Waals surface area contributed by atoms with Crippen molar-refractivity contribution in [2.75, 3.05) is 7.11 Å². The molecule has 0 aromatic heterocycles. The highest BCUT2D eigenvalue weighted by Crippen LogP contribution is 2.38. The molecule has 2 aliphatic heterocycles. The molecule has 2 heterocycles. The van der Waals surface area contributed by atoms with Crippen LogP contribution in [0, 0.1) is 5.92 Å². The summed E-state index contributed by atoms with van der Waals surface area (Å²) in [7, 11) is 1.62. The number of hydrogen-bond donors (Lipinski definition) is 1. The first-order valence-corrected chi connectivity index (χ1v) is 4.24. The number of aliphatic hydroxyl groups is 1. The van der Waals surface area contributed by atoms with Crippen molar-refractivity contribution in [2.24, 2.45) is 5.92 Å². The van der Waals surface area contributed by atoms with E-state index >= 15 is 0 Å². The number of ether oxygens (including phenoxy) is 3. The zero-order valence-electron chi connectivity index (χ0n) is 7.27. The topological polar surface area (TPSA) is 47.9 Å². The summed E-state index contributed by atoms with van der Waals surface area (Å²) in [6.45, 7) is 1.94. The summed E-state index contributed by atoms with van der Waals surface area (Å²) < 4.78 is 15.9. The van der Waals surface area contributed by atoms with Gasteiger partial charge in [-0.05, 0) is 6.92 Å². The normalized spacial score (nSPS) is 52.8. The van der Waals surface area contributed by atoms with Crippen molar-refractivity contribution in [1.82, 2.24) is 0 Å². The van der Waals surface area contributed by atoms with Crippen molar-refractivity contribution < 1.29 is 19.3 Å². The molecule has 0 radical (unpaired) electrons. The van der Waals surface area contributed by atoms with Gasteiger partial charge in [0.15, 0.2) is 12.6 Å². The van der Waals surface area contributed by atoms with E-state index in [2.05, 4.69) is 0 Å². The van der Waals surface area contributed by atoms with Crippen LogP contribution in [0.1, 0.15) is 13.3 Å². The Bertz CT molecular complexity index is 172. The zero-order valence-corrected chi connectivity index (χ0v) is 7.27. The van der Waals surface area contributed by atoms with Crippen molar-refractivity contribution in [1.29, 1.82) is 0 Å². The van der Waals surface area contributed by atoms with E-state index in [0.29, 0.717) is 6.42 Å². The minimum Gasteiger partial charge on any atom is -0.368 e. The van der Waals surface area contributed by atoms with Crippen LogP contribution in [0.5, 0.6) is 0 Å². The average molecular weight is 174 g/mol. The van der Waals surface area contributed by atoms with Gasteiger partial charge in [0.05, 0.1) is 12.2 Å². The van der Waals surface area contributed by atoms with Gasteiger partial charge in [-0.3, -0.25) is 0 Å². The molecule has 2 unspecified atom stereocenters. The molecule has 70 valence electrons. The second-order valence-electron chi connectivity index (χ2n) is 3.40. The fourth-order valence-corrected chi connectivity index (χ4v) is 2.05. The van der Waals surface area contributed by atoms with Crippen molar-refractivity contribution in [3.05, 3.63) is 0 Å². The summed E-state index contributed by atoms with van der Waals surface area (Å²) in [4.78, 5) is 0. The van der Waals surface area contributed by atoms with Gasteiger partial charge in [0.25, 0.3) is 0 Å². The lowest BCUT2D eigenvalue weighted by atomic mass is 10.0. The van der Waals surface area contributed by atoms with Gasteiger partial charge in [0, 0.05) is 19.4 Å². The second kappa shape index (κ2) is 2.96. The minimum absolute atomic E-state index is 0.00458. The van der Waals surface area contributed by atoms with Crippen LogP contribution in [0.3, 0.4) is 0 Å². The van der Waals surface area contributed by atoms with Crippen LogP contribution in [-0.4, -0.2) is 37.0 Å². The predicted molar refractivity (Wildman–Crippen MR) is 40.3 cm³/mol. The fraction of sp³-hybridized carbons (Fsp3) is 1.00. The van der Waals surface area contributed by atoms with Crippen LogP contribution in [0.4, 0.5) is 0 Å². The first kappa shape index (κ1) is 8.44. The minimum atomic E-state index is -0.635. The first-order valence-electron chi connectivity index (χ1n) is 4.24. The number of methoxy groups -OCH3 is 1. The molecular formula is C8H14O4. The maximum absolute atomic E-state index is 9.23. The Morgan fingerprint density at radius 2 is 2.17 bits per heavy atom. The van der Waals surface area contributed by atoms with E-state index in [4.69, 9.17) is 14.2 Å². The van der Waals surface area contributed by atoms with Crippen LogP contribution in [0.15, 0.2) is 0 Å². The molecule has 0 saturated carbocycles. The van der Waals surface area contributed by atoms with Crippen molar-refractivity contribution in [3.8, 4) is 0 Å². The Morgan fingerprint density at radius 1 is 1.42 bits per heavy atom. The maximum Gasteiger partial charge on any atom is 0.163 e. The summed E-state index contributed by atoms with van der Waals surface area (Å²) in [6, 6.07) is 0.